The molecule has 0 unspecified atom stereocenters. The predicted molar refractivity (Wildman–Crippen MR) is 105 cm³/mol. The number of ether oxygens (including phenoxy) is 1. The molecule has 7 nitrogen and oxygen atoms in total. The molecule has 1 aliphatic rings. The molecule has 162 valence electrons. The van der Waals surface area contributed by atoms with Gasteiger partial charge in [0.15, 0.2) is 11.5 Å². The molecule has 0 spiro atoms. The Kier molecular flexibility index (Phi) is 5.88. The van der Waals surface area contributed by atoms with E-state index < -0.39 is 40.8 Å². The minimum absolute atomic E-state index is 0.0585. The van der Waals surface area contributed by atoms with Gasteiger partial charge >= 0.3 is 12.2 Å². The second-order valence-electron chi connectivity index (χ2n) is 6.18. The number of phenols is 1. The first-order valence-electron chi connectivity index (χ1n) is 8.28. The molecule has 31 heavy (non-hydrogen) atoms. The van der Waals surface area contributed by atoms with Gasteiger partial charge < -0.3 is 9.84 Å². The van der Waals surface area contributed by atoms with E-state index in [0.29, 0.717) is 17.0 Å². The van der Waals surface area contributed by atoms with Gasteiger partial charge in [-0.05, 0) is 42.0 Å². The van der Waals surface area contributed by atoms with Crippen molar-refractivity contribution in [3.63, 3.8) is 0 Å². The number of carbonyl (C=O) groups is 3. The van der Waals surface area contributed by atoms with E-state index in [1.54, 1.807) is 0 Å². The highest BCUT2D eigenvalue weighted by Crippen LogP contribution is 2.38. The first-order valence-corrected chi connectivity index (χ1v) is 9.04. The quantitative estimate of drug-likeness (QED) is 0.507. The maximum atomic E-state index is 13.1. The van der Waals surface area contributed by atoms with Crippen molar-refractivity contribution in [1.29, 1.82) is 0 Å². The van der Waals surface area contributed by atoms with Crippen LogP contribution >= 0.6 is 23.2 Å². The van der Waals surface area contributed by atoms with Crippen LogP contribution in [0.4, 0.5) is 23.7 Å². The van der Waals surface area contributed by atoms with Crippen LogP contribution in [-0.4, -0.2) is 30.1 Å². The van der Waals surface area contributed by atoms with Gasteiger partial charge in [0.25, 0.3) is 11.8 Å². The third-order valence-electron chi connectivity index (χ3n) is 4.20. The summed E-state index contributed by atoms with van der Waals surface area (Å²) < 4.78 is 44.2. The van der Waals surface area contributed by atoms with Crippen molar-refractivity contribution in [3.8, 4) is 11.5 Å². The number of benzene rings is 2. The third kappa shape index (κ3) is 4.30. The Morgan fingerprint density at radius 3 is 2.39 bits per heavy atom. The SMILES string of the molecule is COc1cc(/C=C2/C(=O)NC(=O)N(c3cc(C(F)(F)F)ccc3Cl)C2=O)cc(Cl)c1O. The van der Waals surface area contributed by atoms with Crippen molar-refractivity contribution < 1.29 is 37.4 Å². The van der Waals surface area contributed by atoms with Crippen LogP contribution in [0.25, 0.3) is 6.08 Å². The summed E-state index contributed by atoms with van der Waals surface area (Å²) in [6, 6.07) is 3.29. The first kappa shape index (κ1) is 22.4. The van der Waals surface area contributed by atoms with Crippen LogP contribution in [0, 0.1) is 0 Å². The molecule has 0 aliphatic carbocycles. The maximum Gasteiger partial charge on any atom is 0.416 e. The van der Waals surface area contributed by atoms with E-state index in [9.17, 15) is 32.7 Å². The predicted octanol–water partition coefficient (Wildman–Crippen LogP) is 4.39. The highest BCUT2D eigenvalue weighted by molar-refractivity contribution is 6.42. The van der Waals surface area contributed by atoms with Crippen molar-refractivity contribution in [1.82, 2.24) is 5.32 Å². The van der Waals surface area contributed by atoms with E-state index in [2.05, 4.69) is 0 Å². The number of amides is 4. The third-order valence-corrected chi connectivity index (χ3v) is 4.81. The van der Waals surface area contributed by atoms with Gasteiger partial charge in [-0.3, -0.25) is 14.9 Å². The Hall–Kier alpha value is -3.24. The number of rotatable bonds is 3. The summed E-state index contributed by atoms with van der Waals surface area (Å²) in [6.07, 6.45) is -3.73. The number of hydrogen-bond acceptors (Lipinski definition) is 5. The molecular formula is C19H11Cl2F3N2O5. The van der Waals surface area contributed by atoms with Crippen molar-refractivity contribution >= 4 is 52.8 Å². The number of alkyl halides is 3. The van der Waals surface area contributed by atoms with Gasteiger partial charge in [0.2, 0.25) is 0 Å². The van der Waals surface area contributed by atoms with Gasteiger partial charge in [0, 0.05) is 0 Å². The van der Waals surface area contributed by atoms with Gasteiger partial charge in [0.1, 0.15) is 5.57 Å². The van der Waals surface area contributed by atoms with Gasteiger partial charge in [-0.25, -0.2) is 9.69 Å². The van der Waals surface area contributed by atoms with Crippen molar-refractivity contribution in [2.45, 2.75) is 6.18 Å². The van der Waals surface area contributed by atoms with Gasteiger partial charge in [-0.15, -0.1) is 0 Å². The van der Waals surface area contributed by atoms with Crippen LogP contribution in [0.1, 0.15) is 11.1 Å². The van der Waals surface area contributed by atoms with Crippen LogP contribution < -0.4 is 15.0 Å². The zero-order valence-corrected chi connectivity index (χ0v) is 16.9. The lowest BCUT2D eigenvalue weighted by Crippen LogP contribution is -2.54. The summed E-state index contributed by atoms with van der Waals surface area (Å²) in [4.78, 5) is 37.7. The summed E-state index contributed by atoms with van der Waals surface area (Å²) in [5, 5.41) is 11.2. The topological polar surface area (TPSA) is 95.9 Å². The Balaban J connectivity index is 2.10. The highest BCUT2D eigenvalue weighted by atomic mass is 35.5. The molecule has 0 saturated carbocycles. The van der Waals surface area contributed by atoms with Crippen LogP contribution in [-0.2, 0) is 15.8 Å². The summed E-state index contributed by atoms with van der Waals surface area (Å²) in [5.74, 6) is -2.73. The van der Waals surface area contributed by atoms with Gasteiger partial charge in [-0.1, -0.05) is 23.2 Å². The maximum absolute atomic E-state index is 13.1. The second-order valence-corrected chi connectivity index (χ2v) is 6.99. The van der Waals surface area contributed by atoms with E-state index >= 15 is 0 Å². The van der Waals surface area contributed by atoms with Gasteiger partial charge in [0.05, 0.1) is 28.4 Å². The number of imide groups is 2. The van der Waals surface area contributed by atoms with E-state index in [0.717, 1.165) is 12.1 Å². The average molecular weight is 475 g/mol. The molecule has 4 amide bonds. The number of halogens is 5. The summed E-state index contributed by atoms with van der Waals surface area (Å²) >= 11 is 11.8. The molecule has 0 radical (unpaired) electrons. The van der Waals surface area contributed by atoms with E-state index in [1.165, 1.54) is 19.2 Å². The van der Waals surface area contributed by atoms with Gasteiger partial charge in [-0.2, -0.15) is 13.2 Å². The lowest BCUT2D eigenvalue weighted by atomic mass is 10.1. The fourth-order valence-corrected chi connectivity index (χ4v) is 3.16. The molecule has 3 rings (SSSR count). The smallest absolute Gasteiger partial charge is 0.416 e. The number of urea groups is 1. The minimum Gasteiger partial charge on any atom is -0.503 e. The number of anilines is 1. The molecule has 12 heteroatoms. The zero-order chi connectivity index (χ0) is 23.1. The van der Waals surface area contributed by atoms with Crippen LogP contribution in [0.15, 0.2) is 35.9 Å². The molecule has 1 fully saturated rings. The highest BCUT2D eigenvalue weighted by Gasteiger charge is 2.39. The fourth-order valence-electron chi connectivity index (χ4n) is 2.74. The number of methoxy groups -OCH3 is 1. The lowest BCUT2D eigenvalue weighted by molar-refractivity contribution is -0.137. The molecule has 1 aliphatic heterocycles. The van der Waals surface area contributed by atoms with Crippen molar-refractivity contribution in [2.24, 2.45) is 0 Å². The number of hydrogen-bond donors (Lipinski definition) is 2. The number of nitrogens with one attached hydrogen (secondary N) is 1. The number of nitrogens with zero attached hydrogens (tertiary/aromatic N) is 1. The molecule has 2 aromatic rings. The minimum atomic E-state index is -4.76. The summed E-state index contributed by atoms with van der Waals surface area (Å²) in [7, 11) is 1.25. The second kappa shape index (κ2) is 8.12. The van der Waals surface area contributed by atoms with E-state index in [1.807, 2.05) is 5.32 Å². The molecular weight excluding hydrogens is 464 g/mol. The molecule has 0 bridgehead atoms. The van der Waals surface area contributed by atoms with E-state index in [-0.39, 0.29) is 27.1 Å². The zero-order valence-electron chi connectivity index (χ0n) is 15.4. The fraction of sp³-hybridized carbons (Fsp3) is 0.105. The van der Waals surface area contributed by atoms with Crippen molar-refractivity contribution in [2.75, 3.05) is 12.0 Å². The average Bonchev–Trinajstić information content (AvgIpc) is 2.68. The van der Waals surface area contributed by atoms with Crippen LogP contribution in [0.3, 0.4) is 0 Å². The summed E-state index contributed by atoms with van der Waals surface area (Å²) in [6.45, 7) is 0. The number of carbonyl (C=O) groups excluding carboxylic acids is 3. The van der Waals surface area contributed by atoms with Crippen LogP contribution in [0.2, 0.25) is 10.0 Å². The Labute approximate surface area is 182 Å². The Bertz CT molecular complexity index is 1150. The summed E-state index contributed by atoms with van der Waals surface area (Å²) in [5.41, 5.74) is -2.15. The van der Waals surface area contributed by atoms with Crippen LogP contribution in [0.5, 0.6) is 11.5 Å². The lowest BCUT2D eigenvalue weighted by Gasteiger charge is -2.27. The number of phenolic OH excluding ortho intramolecular Hbond substituents is 1. The monoisotopic (exact) mass is 474 g/mol. The molecule has 0 atom stereocenters. The first-order chi connectivity index (χ1) is 14.4. The molecule has 2 aromatic carbocycles. The molecule has 2 N–H and O–H groups in total. The Morgan fingerprint density at radius 2 is 1.77 bits per heavy atom. The van der Waals surface area contributed by atoms with E-state index in [4.69, 9.17) is 27.9 Å². The standard InChI is InChI=1S/C19H11Cl2F3N2O5/c1-31-14-6-8(5-12(21)15(14)27)4-10-16(28)25-18(30)26(17(10)29)13-7-9(19(22,23)24)2-3-11(13)20/h2-7,27H,1H3,(H,25,28,30)/b10-4-. The number of aromatic hydroxyl groups is 1. The molecule has 1 heterocycles. The largest absolute Gasteiger partial charge is 0.503 e. The number of barbiturate groups is 1. The van der Waals surface area contributed by atoms with Crippen molar-refractivity contribution in [3.05, 3.63) is 57.1 Å². The normalized spacial score (nSPS) is 16.0. The Morgan fingerprint density at radius 1 is 1.10 bits per heavy atom. The molecule has 0 aromatic heterocycles. The molecule has 1 saturated heterocycles.